The van der Waals surface area contributed by atoms with Crippen LogP contribution in [0.15, 0.2) is 29.2 Å². The fourth-order valence-electron chi connectivity index (χ4n) is 4.07. The summed E-state index contributed by atoms with van der Waals surface area (Å²) in [4.78, 5) is 30.6. The number of benzene rings is 1. The van der Waals surface area contributed by atoms with Crippen molar-refractivity contribution in [3.63, 3.8) is 0 Å². The Morgan fingerprint density at radius 1 is 0.917 bits per heavy atom. The zero-order valence-corrected chi connectivity index (χ0v) is 14.8. The van der Waals surface area contributed by atoms with Crippen molar-refractivity contribution in [1.29, 1.82) is 0 Å². The van der Waals surface area contributed by atoms with E-state index in [-0.39, 0.29) is 17.1 Å². The van der Waals surface area contributed by atoms with Gasteiger partial charge in [0.25, 0.3) is 0 Å². The fourth-order valence-corrected chi connectivity index (χ4v) is 5.35. The molecule has 2 amide bonds. The molecule has 1 unspecified atom stereocenters. The number of thioether (sulfide) groups is 1. The molecule has 0 aliphatic carbocycles. The first kappa shape index (κ1) is 16.0. The van der Waals surface area contributed by atoms with Gasteiger partial charge in [-0.2, -0.15) is 0 Å². The molecule has 3 aliphatic rings. The third kappa shape index (κ3) is 3.06. The summed E-state index contributed by atoms with van der Waals surface area (Å²) in [5, 5.41) is 0.0215. The van der Waals surface area contributed by atoms with Crippen molar-refractivity contribution >= 4 is 23.6 Å². The van der Waals surface area contributed by atoms with Crippen molar-refractivity contribution in [3.8, 4) is 0 Å². The van der Waals surface area contributed by atoms with Crippen molar-refractivity contribution in [2.45, 2.75) is 42.2 Å². The average Bonchev–Trinajstić information content (AvgIpc) is 3.30. The van der Waals surface area contributed by atoms with Gasteiger partial charge in [0.1, 0.15) is 0 Å². The SMILES string of the molecule is O=C(C1CCN(C(=O)C2Cc3ccccc3S2)CC1)N1CCCC1. The van der Waals surface area contributed by atoms with Gasteiger partial charge in [0.15, 0.2) is 0 Å². The number of hydrogen-bond acceptors (Lipinski definition) is 3. The van der Waals surface area contributed by atoms with Crippen molar-refractivity contribution in [3.05, 3.63) is 29.8 Å². The zero-order valence-electron chi connectivity index (χ0n) is 13.9. The van der Waals surface area contributed by atoms with Crippen LogP contribution in [0.3, 0.4) is 0 Å². The van der Waals surface area contributed by atoms with Gasteiger partial charge >= 0.3 is 0 Å². The summed E-state index contributed by atoms with van der Waals surface area (Å²) in [6.45, 7) is 3.32. The summed E-state index contributed by atoms with van der Waals surface area (Å²) in [6.07, 6.45) is 4.77. The van der Waals surface area contributed by atoms with Crippen molar-refractivity contribution < 1.29 is 9.59 Å². The first-order valence-corrected chi connectivity index (χ1v) is 9.92. The monoisotopic (exact) mass is 344 g/mol. The van der Waals surface area contributed by atoms with E-state index in [1.807, 2.05) is 21.9 Å². The topological polar surface area (TPSA) is 40.6 Å². The Bertz CT molecular complexity index is 609. The summed E-state index contributed by atoms with van der Waals surface area (Å²) in [6, 6.07) is 8.31. The zero-order chi connectivity index (χ0) is 16.5. The minimum absolute atomic E-state index is 0.0215. The van der Waals surface area contributed by atoms with Gasteiger partial charge in [-0.25, -0.2) is 0 Å². The highest BCUT2D eigenvalue weighted by atomic mass is 32.2. The number of rotatable bonds is 2. The van der Waals surface area contributed by atoms with Crippen molar-refractivity contribution in [2.75, 3.05) is 26.2 Å². The molecule has 0 saturated carbocycles. The highest BCUT2D eigenvalue weighted by Crippen LogP contribution is 2.38. The van der Waals surface area contributed by atoms with Gasteiger partial charge in [-0.15, -0.1) is 11.8 Å². The van der Waals surface area contributed by atoms with Crippen LogP contribution in [0.4, 0.5) is 0 Å². The van der Waals surface area contributed by atoms with Crippen LogP contribution < -0.4 is 0 Å². The van der Waals surface area contributed by atoms with E-state index in [9.17, 15) is 9.59 Å². The number of fused-ring (bicyclic) bond motifs is 1. The highest BCUT2D eigenvalue weighted by molar-refractivity contribution is 8.01. The second-order valence-electron chi connectivity index (χ2n) is 7.05. The van der Waals surface area contributed by atoms with Crippen LogP contribution >= 0.6 is 11.8 Å². The number of likely N-dealkylation sites (tertiary alicyclic amines) is 2. The summed E-state index contributed by atoms with van der Waals surface area (Å²) in [7, 11) is 0. The molecule has 24 heavy (non-hydrogen) atoms. The van der Waals surface area contributed by atoms with E-state index < -0.39 is 0 Å². The summed E-state index contributed by atoms with van der Waals surface area (Å²) >= 11 is 1.70. The van der Waals surface area contributed by atoms with E-state index in [1.54, 1.807) is 11.8 Å². The van der Waals surface area contributed by atoms with Crippen molar-refractivity contribution in [1.82, 2.24) is 9.80 Å². The Kier molecular flexibility index (Phi) is 4.53. The van der Waals surface area contributed by atoms with Crippen LogP contribution in [-0.4, -0.2) is 53.0 Å². The summed E-state index contributed by atoms with van der Waals surface area (Å²) in [5.41, 5.74) is 1.29. The quantitative estimate of drug-likeness (QED) is 0.828. The third-order valence-corrected chi connectivity index (χ3v) is 6.80. The number of carbonyl (C=O) groups is 2. The second kappa shape index (κ2) is 6.79. The summed E-state index contributed by atoms with van der Waals surface area (Å²) in [5.74, 6) is 0.700. The Balaban J connectivity index is 1.31. The van der Waals surface area contributed by atoms with E-state index in [0.29, 0.717) is 5.91 Å². The minimum Gasteiger partial charge on any atom is -0.342 e. The minimum atomic E-state index is 0.0215. The number of piperidine rings is 1. The van der Waals surface area contributed by atoms with Crippen LogP contribution in [-0.2, 0) is 16.0 Å². The predicted molar refractivity (Wildman–Crippen MR) is 94.9 cm³/mol. The van der Waals surface area contributed by atoms with Crippen LogP contribution in [0, 0.1) is 5.92 Å². The Hall–Kier alpha value is -1.49. The van der Waals surface area contributed by atoms with Crippen LogP contribution in [0.5, 0.6) is 0 Å². The number of hydrogen-bond donors (Lipinski definition) is 0. The standard InChI is InChI=1S/C19H24N2O2S/c22-18(20-9-3-4-10-20)14-7-11-21(12-8-14)19(23)17-13-15-5-1-2-6-16(15)24-17/h1-2,5-6,14,17H,3-4,7-13H2. The molecule has 4 nitrogen and oxygen atoms in total. The predicted octanol–water partition coefficient (Wildman–Crippen LogP) is 2.56. The smallest absolute Gasteiger partial charge is 0.236 e. The maximum Gasteiger partial charge on any atom is 0.236 e. The van der Waals surface area contributed by atoms with Gasteiger partial charge in [0.2, 0.25) is 11.8 Å². The van der Waals surface area contributed by atoms with Gasteiger partial charge in [-0.1, -0.05) is 18.2 Å². The molecule has 0 bridgehead atoms. The number of nitrogens with zero attached hydrogens (tertiary/aromatic N) is 2. The van der Waals surface area contributed by atoms with Crippen LogP contribution in [0.2, 0.25) is 0 Å². The Morgan fingerprint density at radius 2 is 1.58 bits per heavy atom. The van der Waals surface area contributed by atoms with Crippen molar-refractivity contribution in [2.24, 2.45) is 5.92 Å². The lowest BCUT2D eigenvalue weighted by Crippen LogP contribution is -2.46. The molecule has 4 rings (SSSR count). The molecular formula is C19H24N2O2S. The molecular weight excluding hydrogens is 320 g/mol. The summed E-state index contributed by atoms with van der Waals surface area (Å²) < 4.78 is 0. The molecule has 2 fully saturated rings. The van der Waals surface area contributed by atoms with Gasteiger partial charge in [0.05, 0.1) is 5.25 Å². The first-order valence-electron chi connectivity index (χ1n) is 9.04. The van der Waals surface area contributed by atoms with E-state index in [1.165, 1.54) is 10.5 Å². The molecule has 0 N–H and O–H groups in total. The van der Waals surface area contributed by atoms with Gasteiger partial charge in [0, 0.05) is 37.0 Å². The lowest BCUT2D eigenvalue weighted by molar-refractivity contribution is -0.139. The van der Waals surface area contributed by atoms with E-state index in [4.69, 9.17) is 0 Å². The molecule has 1 aromatic rings. The Morgan fingerprint density at radius 3 is 2.29 bits per heavy atom. The Labute approximate surface area is 147 Å². The van der Waals surface area contributed by atoms with Gasteiger partial charge < -0.3 is 9.80 Å². The molecule has 1 atom stereocenters. The highest BCUT2D eigenvalue weighted by Gasteiger charge is 2.35. The maximum atomic E-state index is 12.8. The van der Waals surface area contributed by atoms with Gasteiger partial charge in [-0.05, 0) is 43.7 Å². The molecule has 0 spiro atoms. The van der Waals surface area contributed by atoms with E-state index >= 15 is 0 Å². The molecule has 3 aliphatic heterocycles. The molecule has 128 valence electrons. The second-order valence-corrected chi connectivity index (χ2v) is 8.29. The first-order chi connectivity index (χ1) is 11.7. The number of carbonyl (C=O) groups excluding carboxylic acids is 2. The largest absolute Gasteiger partial charge is 0.342 e. The van der Waals surface area contributed by atoms with E-state index in [0.717, 1.165) is 58.3 Å². The molecule has 0 radical (unpaired) electrons. The molecule has 2 saturated heterocycles. The molecule has 0 aromatic heterocycles. The molecule has 5 heteroatoms. The maximum absolute atomic E-state index is 12.8. The fraction of sp³-hybridized carbons (Fsp3) is 0.579. The number of amides is 2. The lowest BCUT2D eigenvalue weighted by atomic mass is 9.95. The van der Waals surface area contributed by atoms with Crippen LogP contribution in [0.25, 0.3) is 0 Å². The lowest BCUT2D eigenvalue weighted by Gasteiger charge is -2.34. The molecule has 3 heterocycles. The molecule has 1 aromatic carbocycles. The van der Waals surface area contributed by atoms with E-state index in [2.05, 4.69) is 12.1 Å². The third-order valence-electron chi connectivity index (χ3n) is 5.50. The van der Waals surface area contributed by atoms with Gasteiger partial charge in [-0.3, -0.25) is 9.59 Å². The normalized spacial score (nSPS) is 24.2. The van der Waals surface area contributed by atoms with Crippen LogP contribution in [0.1, 0.15) is 31.2 Å². The average molecular weight is 344 g/mol.